The number of pyridine rings is 1. The van der Waals surface area contributed by atoms with Crippen molar-refractivity contribution in [2.45, 2.75) is 20.4 Å². The quantitative estimate of drug-likeness (QED) is 0.755. The number of nitrogens with zero attached hydrogens (tertiary/aromatic N) is 3. The first kappa shape index (κ1) is 15.6. The predicted octanol–water partition coefficient (Wildman–Crippen LogP) is 3.77. The summed E-state index contributed by atoms with van der Waals surface area (Å²) in [6, 6.07) is 8.01. The van der Waals surface area contributed by atoms with E-state index in [0.717, 1.165) is 5.39 Å². The molecule has 1 aromatic carbocycles. The summed E-state index contributed by atoms with van der Waals surface area (Å²) in [6.07, 6.45) is 0. The first-order valence-electron chi connectivity index (χ1n) is 7.10. The molecule has 1 N–H and O–H groups in total. The average Bonchev–Trinajstić information content (AvgIpc) is 2.52. The fourth-order valence-electron chi connectivity index (χ4n) is 2.39. The molecule has 0 atom stereocenters. The molecule has 0 aliphatic carbocycles. The van der Waals surface area contributed by atoms with Crippen LogP contribution in [0, 0.1) is 12.7 Å². The van der Waals surface area contributed by atoms with Crippen LogP contribution >= 0.6 is 15.9 Å². The van der Waals surface area contributed by atoms with Crippen molar-refractivity contribution in [2.75, 3.05) is 5.32 Å². The van der Waals surface area contributed by atoms with Crippen LogP contribution in [0.15, 0.2) is 39.6 Å². The highest BCUT2D eigenvalue weighted by atomic mass is 79.9. The largest absolute Gasteiger partial charge is 0.322 e. The molecule has 3 aromatic rings. The van der Waals surface area contributed by atoms with Crippen LogP contribution in [0.1, 0.15) is 12.6 Å². The summed E-state index contributed by atoms with van der Waals surface area (Å²) < 4.78 is 15.8. The lowest BCUT2D eigenvalue weighted by molar-refractivity contribution is 0.631. The van der Waals surface area contributed by atoms with Gasteiger partial charge in [-0.1, -0.05) is 12.1 Å². The molecule has 0 fully saturated rings. The Labute approximate surface area is 140 Å². The summed E-state index contributed by atoms with van der Waals surface area (Å²) in [5.74, 6) is -0.137. The van der Waals surface area contributed by atoms with Crippen LogP contribution in [-0.2, 0) is 6.54 Å². The number of hydrogen-bond acceptors (Lipinski definition) is 4. The Hall–Kier alpha value is -2.28. The zero-order valence-electron chi connectivity index (χ0n) is 12.6. The van der Waals surface area contributed by atoms with Crippen LogP contribution in [0.2, 0.25) is 0 Å². The molecule has 7 heteroatoms. The number of rotatable bonds is 3. The Bertz CT molecular complexity index is 955. The number of aromatic nitrogens is 3. The molecule has 0 aliphatic rings. The third-order valence-corrected chi connectivity index (χ3v) is 4.10. The summed E-state index contributed by atoms with van der Waals surface area (Å²) >= 11 is 3.27. The minimum Gasteiger partial charge on any atom is -0.322 e. The van der Waals surface area contributed by atoms with Gasteiger partial charge in [0.1, 0.15) is 11.5 Å². The number of benzene rings is 1. The van der Waals surface area contributed by atoms with Gasteiger partial charge in [-0.05, 0) is 48.0 Å². The molecule has 0 saturated carbocycles. The molecular weight excluding hydrogens is 363 g/mol. The van der Waals surface area contributed by atoms with Gasteiger partial charge in [-0.3, -0.25) is 9.36 Å². The monoisotopic (exact) mass is 376 g/mol. The minimum atomic E-state index is -0.391. The minimum absolute atomic E-state index is 0.157. The van der Waals surface area contributed by atoms with E-state index in [1.54, 1.807) is 28.8 Å². The Morgan fingerprint density at radius 1 is 1.30 bits per heavy atom. The van der Waals surface area contributed by atoms with Crippen molar-refractivity contribution in [1.29, 1.82) is 0 Å². The van der Waals surface area contributed by atoms with Gasteiger partial charge in [0.2, 0.25) is 5.95 Å². The number of halogens is 2. The maximum Gasteiger partial charge on any atom is 0.266 e. The standard InChI is InChI=1S/C16H14BrFN4O/c1-3-22-14-10(8-11(17)15(22)23)9(2)19-16(21-14)20-13-7-5-4-6-12(13)18/h4-8H,3H2,1-2H3,(H,19,20,21). The lowest BCUT2D eigenvalue weighted by atomic mass is 10.2. The van der Waals surface area contributed by atoms with Gasteiger partial charge in [-0.2, -0.15) is 4.98 Å². The number of fused-ring (bicyclic) bond motifs is 1. The molecule has 23 heavy (non-hydrogen) atoms. The Morgan fingerprint density at radius 3 is 2.74 bits per heavy atom. The molecule has 0 bridgehead atoms. The first-order chi connectivity index (χ1) is 11.0. The van der Waals surface area contributed by atoms with Crippen LogP contribution < -0.4 is 10.9 Å². The van der Waals surface area contributed by atoms with Crippen LogP contribution in [0.3, 0.4) is 0 Å². The van der Waals surface area contributed by atoms with E-state index in [4.69, 9.17) is 0 Å². The van der Waals surface area contributed by atoms with Crippen LogP contribution in [0.25, 0.3) is 11.0 Å². The number of hydrogen-bond donors (Lipinski definition) is 1. The van der Waals surface area contributed by atoms with Crippen LogP contribution in [0.4, 0.5) is 16.0 Å². The molecule has 0 aliphatic heterocycles. The zero-order chi connectivity index (χ0) is 16.6. The van der Waals surface area contributed by atoms with Crippen molar-refractivity contribution >= 4 is 38.6 Å². The van der Waals surface area contributed by atoms with Crippen molar-refractivity contribution in [3.8, 4) is 0 Å². The third kappa shape index (κ3) is 2.84. The highest BCUT2D eigenvalue weighted by Gasteiger charge is 2.13. The Kier molecular flexibility index (Phi) is 4.12. The molecule has 2 heterocycles. The van der Waals surface area contributed by atoms with Gasteiger partial charge in [0.15, 0.2) is 0 Å². The van der Waals surface area contributed by atoms with Gasteiger partial charge in [0, 0.05) is 11.9 Å². The van der Waals surface area contributed by atoms with Gasteiger partial charge >= 0.3 is 0 Å². The molecular formula is C16H14BrFN4O. The smallest absolute Gasteiger partial charge is 0.266 e. The van der Waals surface area contributed by atoms with Gasteiger partial charge < -0.3 is 5.32 Å². The van der Waals surface area contributed by atoms with E-state index in [0.29, 0.717) is 22.4 Å². The molecule has 3 rings (SSSR count). The van der Waals surface area contributed by atoms with E-state index < -0.39 is 5.82 Å². The molecule has 0 amide bonds. The molecule has 0 saturated heterocycles. The van der Waals surface area contributed by atoms with E-state index >= 15 is 0 Å². The van der Waals surface area contributed by atoms with Crippen LogP contribution in [-0.4, -0.2) is 14.5 Å². The van der Waals surface area contributed by atoms with Crippen molar-refractivity contribution in [2.24, 2.45) is 0 Å². The van der Waals surface area contributed by atoms with E-state index in [1.807, 2.05) is 13.8 Å². The molecule has 0 radical (unpaired) electrons. The van der Waals surface area contributed by atoms with Crippen molar-refractivity contribution in [3.63, 3.8) is 0 Å². The number of aryl methyl sites for hydroxylation is 2. The normalized spacial score (nSPS) is 11.0. The molecule has 2 aromatic heterocycles. The van der Waals surface area contributed by atoms with Gasteiger partial charge in [-0.25, -0.2) is 9.37 Å². The molecule has 0 spiro atoms. The lowest BCUT2D eigenvalue weighted by Crippen LogP contribution is -2.21. The number of anilines is 2. The zero-order valence-corrected chi connectivity index (χ0v) is 14.2. The first-order valence-corrected chi connectivity index (χ1v) is 7.89. The summed E-state index contributed by atoms with van der Waals surface area (Å²) in [5, 5.41) is 3.64. The number of nitrogens with one attached hydrogen (secondary N) is 1. The van der Waals surface area contributed by atoms with E-state index in [9.17, 15) is 9.18 Å². The summed E-state index contributed by atoms with van der Waals surface area (Å²) in [4.78, 5) is 21.0. The summed E-state index contributed by atoms with van der Waals surface area (Å²) in [5.41, 5.74) is 1.35. The number of para-hydroxylation sites is 1. The second-order valence-electron chi connectivity index (χ2n) is 5.02. The average molecular weight is 377 g/mol. The summed E-state index contributed by atoms with van der Waals surface area (Å²) in [6.45, 7) is 4.17. The molecule has 5 nitrogen and oxygen atoms in total. The third-order valence-electron chi connectivity index (χ3n) is 3.53. The van der Waals surface area contributed by atoms with Crippen molar-refractivity contribution in [3.05, 3.63) is 56.7 Å². The second-order valence-corrected chi connectivity index (χ2v) is 5.87. The molecule has 118 valence electrons. The van der Waals surface area contributed by atoms with E-state index in [2.05, 4.69) is 31.2 Å². The van der Waals surface area contributed by atoms with Gasteiger partial charge in [0.25, 0.3) is 5.56 Å². The van der Waals surface area contributed by atoms with E-state index in [1.165, 1.54) is 6.07 Å². The predicted molar refractivity (Wildman–Crippen MR) is 91.6 cm³/mol. The highest BCUT2D eigenvalue weighted by molar-refractivity contribution is 9.10. The van der Waals surface area contributed by atoms with Gasteiger partial charge in [0.05, 0.1) is 15.9 Å². The van der Waals surface area contributed by atoms with Crippen molar-refractivity contribution in [1.82, 2.24) is 14.5 Å². The van der Waals surface area contributed by atoms with Gasteiger partial charge in [-0.15, -0.1) is 0 Å². The Balaban J connectivity index is 2.19. The maximum absolute atomic E-state index is 13.8. The topological polar surface area (TPSA) is 59.8 Å². The SMILES string of the molecule is CCn1c(=O)c(Br)cc2c(C)nc(Nc3ccccc3F)nc21. The summed E-state index contributed by atoms with van der Waals surface area (Å²) in [7, 11) is 0. The fourth-order valence-corrected chi connectivity index (χ4v) is 2.83. The fraction of sp³-hybridized carbons (Fsp3) is 0.188. The highest BCUT2D eigenvalue weighted by Crippen LogP contribution is 2.22. The maximum atomic E-state index is 13.8. The lowest BCUT2D eigenvalue weighted by Gasteiger charge is -2.12. The van der Waals surface area contributed by atoms with Crippen LogP contribution in [0.5, 0.6) is 0 Å². The Morgan fingerprint density at radius 2 is 2.04 bits per heavy atom. The van der Waals surface area contributed by atoms with E-state index in [-0.39, 0.29) is 17.2 Å². The van der Waals surface area contributed by atoms with Crippen molar-refractivity contribution < 1.29 is 4.39 Å². The second kappa shape index (κ2) is 6.08. The molecule has 0 unspecified atom stereocenters.